The molecule has 1 N–H and O–H groups in total. The minimum absolute atomic E-state index is 0.138. The Kier molecular flexibility index (Phi) is 7.39. The second-order valence-corrected chi connectivity index (χ2v) is 7.88. The molecule has 4 rings (SSSR count). The number of benzene rings is 3. The fraction of sp³-hybridized carbons (Fsp3) is 0.222. The normalized spacial score (nSPS) is 10.7. The molecule has 0 bridgehead atoms. The summed E-state index contributed by atoms with van der Waals surface area (Å²) in [5.41, 5.74) is 1.17. The number of methoxy groups -OCH3 is 4. The highest BCUT2D eigenvalue weighted by atomic mass is 16.5. The van der Waals surface area contributed by atoms with E-state index in [1.165, 1.54) is 18.9 Å². The quantitative estimate of drug-likeness (QED) is 0.385. The van der Waals surface area contributed by atoms with Crippen LogP contribution in [0.2, 0.25) is 0 Å². The summed E-state index contributed by atoms with van der Waals surface area (Å²) in [4.78, 5) is 26.5. The molecule has 1 heterocycles. The van der Waals surface area contributed by atoms with Crippen molar-refractivity contribution in [1.82, 2.24) is 15.1 Å². The van der Waals surface area contributed by atoms with E-state index in [0.717, 1.165) is 5.56 Å². The molecule has 3 aromatic carbocycles. The molecule has 0 radical (unpaired) electrons. The van der Waals surface area contributed by atoms with Crippen molar-refractivity contribution < 1.29 is 23.7 Å². The van der Waals surface area contributed by atoms with Crippen LogP contribution in [0.5, 0.6) is 23.0 Å². The lowest BCUT2D eigenvalue weighted by molar-refractivity contribution is 0.0949. The van der Waals surface area contributed by atoms with Crippen LogP contribution >= 0.6 is 0 Å². The fourth-order valence-corrected chi connectivity index (χ4v) is 3.89. The Morgan fingerprint density at radius 1 is 0.833 bits per heavy atom. The van der Waals surface area contributed by atoms with E-state index >= 15 is 0 Å². The summed E-state index contributed by atoms with van der Waals surface area (Å²) >= 11 is 0. The number of carbonyl (C=O) groups is 1. The predicted octanol–water partition coefficient (Wildman–Crippen LogP) is 3.39. The third-order valence-corrected chi connectivity index (χ3v) is 5.75. The van der Waals surface area contributed by atoms with Crippen LogP contribution in [0.15, 0.2) is 65.5 Å². The molecule has 0 saturated heterocycles. The summed E-state index contributed by atoms with van der Waals surface area (Å²) in [5.74, 6) is 1.85. The number of carbonyl (C=O) groups excluding carboxylic acids is 1. The van der Waals surface area contributed by atoms with Gasteiger partial charge in [0.25, 0.3) is 11.5 Å². The average molecular weight is 490 g/mol. The first-order valence-electron chi connectivity index (χ1n) is 11.2. The van der Waals surface area contributed by atoms with Gasteiger partial charge in [0.15, 0.2) is 17.2 Å². The van der Waals surface area contributed by atoms with Gasteiger partial charge in [0.1, 0.15) is 11.5 Å². The van der Waals surface area contributed by atoms with Gasteiger partial charge < -0.3 is 24.3 Å². The molecule has 4 aromatic rings. The van der Waals surface area contributed by atoms with E-state index in [4.69, 9.17) is 18.9 Å². The number of ether oxygens (including phenoxy) is 4. The number of fused-ring (bicyclic) bond motifs is 1. The van der Waals surface area contributed by atoms with Gasteiger partial charge in [-0.2, -0.15) is 9.78 Å². The molecule has 1 amide bonds. The molecule has 0 atom stereocenters. The summed E-state index contributed by atoms with van der Waals surface area (Å²) in [5, 5.41) is 8.20. The van der Waals surface area contributed by atoms with Crippen molar-refractivity contribution in [2.45, 2.75) is 6.42 Å². The number of nitrogens with one attached hydrogen (secondary N) is 1. The van der Waals surface area contributed by atoms with Crippen LogP contribution in [0.4, 0.5) is 0 Å². The zero-order valence-electron chi connectivity index (χ0n) is 20.5. The van der Waals surface area contributed by atoms with Gasteiger partial charge in [0.2, 0.25) is 0 Å². The van der Waals surface area contributed by atoms with Gasteiger partial charge in [-0.3, -0.25) is 9.59 Å². The standard InChI is InChI=1S/C27H27N3O6/c1-33-19-14-18(15-20(16-19)34-2)30-27(32)22-8-6-5-7-21(22)25(29-30)26(31)28-12-11-17-9-10-23(35-3)24(13-17)36-4/h5-10,13-16H,11-12H2,1-4H3,(H,28,31). The maximum absolute atomic E-state index is 13.3. The summed E-state index contributed by atoms with van der Waals surface area (Å²) in [7, 11) is 6.20. The monoisotopic (exact) mass is 489 g/mol. The van der Waals surface area contributed by atoms with Gasteiger partial charge in [0, 0.05) is 30.1 Å². The predicted molar refractivity (Wildman–Crippen MR) is 136 cm³/mol. The van der Waals surface area contributed by atoms with Gasteiger partial charge in [-0.1, -0.05) is 24.3 Å². The minimum atomic E-state index is -0.393. The highest BCUT2D eigenvalue weighted by Gasteiger charge is 2.18. The fourth-order valence-electron chi connectivity index (χ4n) is 3.89. The third-order valence-electron chi connectivity index (χ3n) is 5.75. The highest BCUT2D eigenvalue weighted by Crippen LogP contribution is 2.28. The van der Waals surface area contributed by atoms with Crippen LogP contribution in [-0.4, -0.2) is 50.7 Å². The van der Waals surface area contributed by atoms with Crippen molar-refractivity contribution in [2.24, 2.45) is 0 Å². The van der Waals surface area contributed by atoms with Crippen molar-refractivity contribution in [3.05, 3.63) is 82.3 Å². The lowest BCUT2D eigenvalue weighted by Crippen LogP contribution is -2.31. The van der Waals surface area contributed by atoms with Crippen LogP contribution in [0, 0.1) is 0 Å². The van der Waals surface area contributed by atoms with Crippen molar-refractivity contribution in [1.29, 1.82) is 0 Å². The van der Waals surface area contributed by atoms with Crippen LogP contribution in [0.3, 0.4) is 0 Å². The molecule has 9 nitrogen and oxygen atoms in total. The molecule has 0 saturated carbocycles. The van der Waals surface area contributed by atoms with E-state index in [9.17, 15) is 9.59 Å². The molecule has 36 heavy (non-hydrogen) atoms. The molecule has 0 aliphatic heterocycles. The maximum Gasteiger partial charge on any atom is 0.279 e. The average Bonchev–Trinajstić information content (AvgIpc) is 2.92. The molecule has 0 aliphatic rings. The summed E-state index contributed by atoms with van der Waals surface area (Å²) in [6.45, 7) is 0.358. The first kappa shape index (κ1) is 24.6. The molecule has 0 unspecified atom stereocenters. The zero-order valence-corrected chi connectivity index (χ0v) is 20.5. The van der Waals surface area contributed by atoms with Gasteiger partial charge >= 0.3 is 0 Å². The Balaban J connectivity index is 1.66. The van der Waals surface area contributed by atoms with E-state index in [0.29, 0.717) is 52.4 Å². The molecular weight excluding hydrogens is 462 g/mol. The van der Waals surface area contributed by atoms with Gasteiger partial charge in [-0.05, 0) is 30.2 Å². The van der Waals surface area contributed by atoms with Gasteiger partial charge in [-0.15, -0.1) is 0 Å². The first-order valence-corrected chi connectivity index (χ1v) is 11.2. The van der Waals surface area contributed by atoms with E-state index in [1.807, 2.05) is 18.2 Å². The number of aromatic nitrogens is 2. The Hall–Kier alpha value is -4.53. The van der Waals surface area contributed by atoms with Crippen LogP contribution < -0.4 is 29.8 Å². The number of hydrogen-bond donors (Lipinski definition) is 1. The Morgan fingerprint density at radius 2 is 1.50 bits per heavy atom. The molecule has 0 fully saturated rings. The zero-order chi connectivity index (χ0) is 25.7. The van der Waals surface area contributed by atoms with Crippen molar-refractivity contribution in [3.8, 4) is 28.7 Å². The van der Waals surface area contributed by atoms with Gasteiger partial charge in [-0.25, -0.2) is 0 Å². The summed E-state index contributed by atoms with van der Waals surface area (Å²) in [6, 6.07) is 17.5. The number of amides is 1. The Labute approximate surface area is 208 Å². The molecule has 9 heteroatoms. The SMILES string of the molecule is COc1cc(OC)cc(-n2nc(C(=O)NCCc3ccc(OC)c(OC)c3)c3ccccc3c2=O)c1. The highest BCUT2D eigenvalue weighted by molar-refractivity contribution is 6.04. The lowest BCUT2D eigenvalue weighted by Gasteiger charge is -2.13. The van der Waals surface area contributed by atoms with Crippen LogP contribution in [0.1, 0.15) is 16.1 Å². The third kappa shape index (κ3) is 4.95. The maximum atomic E-state index is 13.3. The Morgan fingerprint density at radius 3 is 2.14 bits per heavy atom. The van der Waals surface area contributed by atoms with Gasteiger partial charge in [0.05, 0.1) is 39.5 Å². The summed E-state index contributed by atoms with van der Waals surface area (Å²) in [6.07, 6.45) is 0.566. The van der Waals surface area contributed by atoms with E-state index < -0.39 is 5.91 Å². The first-order chi connectivity index (χ1) is 17.5. The second kappa shape index (κ2) is 10.8. The second-order valence-electron chi connectivity index (χ2n) is 7.88. The van der Waals surface area contributed by atoms with Crippen molar-refractivity contribution in [3.63, 3.8) is 0 Å². The van der Waals surface area contributed by atoms with E-state index in [-0.39, 0.29) is 11.3 Å². The number of hydrogen-bond acceptors (Lipinski definition) is 7. The lowest BCUT2D eigenvalue weighted by atomic mass is 10.1. The molecule has 0 aliphatic carbocycles. The van der Waals surface area contributed by atoms with Crippen LogP contribution in [0.25, 0.3) is 16.5 Å². The molecule has 0 spiro atoms. The number of nitrogens with zero attached hydrogens (tertiary/aromatic N) is 2. The molecule has 1 aromatic heterocycles. The Bertz CT molecular complexity index is 1440. The number of rotatable bonds is 9. The minimum Gasteiger partial charge on any atom is -0.497 e. The smallest absolute Gasteiger partial charge is 0.279 e. The van der Waals surface area contributed by atoms with Crippen molar-refractivity contribution >= 4 is 16.7 Å². The summed E-state index contributed by atoms with van der Waals surface area (Å²) < 4.78 is 22.5. The topological polar surface area (TPSA) is 101 Å². The van der Waals surface area contributed by atoms with Crippen LogP contribution in [-0.2, 0) is 6.42 Å². The molecular formula is C27H27N3O6. The van der Waals surface area contributed by atoms with E-state index in [1.54, 1.807) is 56.7 Å². The van der Waals surface area contributed by atoms with Crippen molar-refractivity contribution in [2.75, 3.05) is 35.0 Å². The van der Waals surface area contributed by atoms with E-state index in [2.05, 4.69) is 10.4 Å². The molecule has 186 valence electrons. The largest absolute Gasteiger partial charge is 0.497 e.